The van der Waals surface area contributed by atoms with Crippen LogP contribution >= 0.6 is 27.3 Å². The van der Waals surface area contributed by atoms with Crippen LogP contribution in [0.1, 0.15) is 49.4 Å². The van der Waals surface area contributed by atoms with E-state index in [4.69, 9.17) is 19.2 Å². The molecule has 46 heavy (non-hydrogen) atoms. The SMILES string of the molecule is CCCC1=C(C(=O)OCC)[C@H](c2cc(Br)ccc2OC)n2c(s/c(=C/c3c(OCc4ccccc4)ccc4ccccc34)c2=O)=N1. The van der Waals surface area contributed by atoms with E-state index >= 15 is 0 Å². The number of methoxy groups -OCH3 is 1. The second-order valence-corrected chi connectivity index (χ2v) is 12.7. The van der Waals surface area contributed by atoms with Gasteiger partial charge >= 0.3 is 5.97 Å². The van der Waals surface area contributed by atoms with Crippen LogP contribution in [0.2, 0.25) is 0 Å². The highest BCUT2D eigenvalue weighted by Gasteiger charge is 2.36. The number of rotatable bonds is 10. The van der Waals surface area contributed by atoms with Gasteiger partial charge in [-0.1, -0.05) is 101 Å². The van der Waals surface area contributed by atoms with Crippen molar-refractivity contribution in [2.24, 2.45) is 4.99 Å². The van der Waals surface area contributed by atoms with E-state index in [2.05, 4.69) is 15.9 Å². The van der Waals surface area contributed by atoms with E-state index in [1.54, 1.807) is 18.6 Å². The number of aromatic nitrogens is 1. The van der Waals surface area contributed by atoms with Gasteiger partial charge in [0.05, 0.1) is 29.5 Å². The molecule has 7 nitrogen and oxygen atoms in total. The summed E-state index contributed by atoms with van der Waals surface area (Å²) in [5, 5.41) is 1.99. The number of halogens is 1. The molecule has 5 aromatic rings. The molecule has 0 bridgehead atoms. The van der Waals surface area contributed by atoms with Gasteiger partial charge in [0.15, 0.2) is 4.80 Å². The molecular formula is C37H33BrN2O5S. The van der Waals surface area contributed by atoms with Crippen LogP contribution in [0.3, 0.4) is 0 Å². The lowest BCUT2D eigenvalue weighted by Crippen LogP contribution is -2.40. The van der Waals surface area contributed by atoms with Crippen molar-refractivity contribution in [3.63, 3.8) is 0 Å². The molecule has 1 aliphatic rings. The molecule has 0 fully saturated rings. The minimum absolute atomic E-state index is 0.196. The van der Waals surface area contributed by atoms with Crippen molar-refractivity contribution in [3.8, 4) is 11.5 Å². The molecule has 234 valence electrons. The van der Waals surface area contributed by atoms with Crippen LogP contribution in [0.5, 0.6) is 11.5 Å². The Hall–Kier alpha value is -4.47. The van der Waals surface area contributed by atoms with E-state index < -0.39 is 12.0 Å². The molecule has 0 spiro atoms. The molecule has 1 aromatic heterocycles. The summed E-state index contributed by atoms with van der Waals surface area (Å²) in [4.78, 5) is 33.6. The van der Waals surface area contributed by atoms with Gasteiger partial charge in [0.2, 0.25) is 0 Å². The van der Waals surface area contributed by atoms with Gasteiger partial charge in [0.25, 0.3) is 5.56 Å². The molecule has 0 saturated heterocycles. The van der Waals surface area contributed by atoms with E-state index in [-0.39, 0.29) is 12.2 Å². The van der Waals surface area contributed by atoms with Crippen LogP contribution < -0.4 is 24.4 Å². The summed E-state index contributed by atoms with van der Waals surface area (Å²) < 4.78 is 20.5. The number of carbonyl (C=O) groups excluding carboxylic acids is 1. The van der Waals surface area contributed by atoms with Gasteiger partial charge in [0.1, 0.15) is 24.1 Å². The Kier molecular flexibility index (Phi) is 9.51. The Morgan fingerprint density at radius 1 is 1.00 bits per heavy atom. The van der Waals surface area contributed by atoms with Crippen molar-refractivity contribution >= 4 is 50.1 Å². The molecule has 0 amide bonds. The van der Waals surface area contributed by atoms with Crippen molar-refractivity contribution in [1.82, 2.24) is 4.57 Å². The summed E-state index contributed by atoms with van der Waals surface area (Å²) >= 11 is 4.88. The van der Waals surface area contributed by atoms with E-state index in [0.717, 1.165) is 32.8 Å². The topological polar surface area (TPSA) is 79.1 Å². The average molecular weight is 698 g/mol. The average Bonchev–Trinajstić information content (AvgIpc) is 3.38. The molecule has 0 unspecified atom stereocenters. The molecule has 1 atom stereocenters. The van der Waals surface area contributed by atoms with Gasteiger partial charge < -0.3 is 14.2 Å². The fraction of sp³-hybridized carbons (Fsp3) is 0.216. The highest BCUT2D eigenvalue weighted by molar-refractivity contribution is 9.10. The summed E-state index contributed by atoms with van der Waals surface area (Å²) in [7, 11) is 1.58. The normalized spacial score (nSPS) is 14.6. The van der Waals surface area contributed by atoms with E-state index in [0.29, 0.717) is 50.7 Å². The minimum atomic E-state index is -0.798. The monoisotopic (exact) mass is 696 g/mol. The zero-order valence-corrected chi connectivity index (χ0v) is 28.2. The smallest absolute Gasteiger partial charge is 0.338 e. The number of fused-ring (bicyclic) bond motifs is 2. The Bertz CT molecular complexity index is 2140. The van der Waals surface area contributed by atoms with Crippen LogP contribution in [0, 0.1) is 0 Å². The van der Waals surface area contributed by atoms with Gasteiger partial charge in [-0.15, -0.1) is 0 Å². The summed E-state index contributed by atoms with van der Waals surface area (Å²) in [6.45, 7) is 4.38. The van der Waals surface area contributed by atoms with E-state index in [1.807, 2.05) is 97.9 Å². The van der Waals surface area contributed by atoms with Crippen LogP contribution in [-0.2, 0) is 16.1 Å². The van der Waals surface area contributed by atoms with Gasteiger partial charge in [-0.3, -0.25) is 9.36 Å². The highest BCUT2D eigenvalue weighted by atomic mass is 79.9. The Balaban J connectivity index is 1.59. The van der Waals surface area contributed by atoms with Crippen molar-refractivity contribution in [3.05, 3.63) is 137 Å². The van der Waals surface area contributed by atoms with Crippen molar-refractivity contribution in [1.29, 1.82) is 0 Å². The minimum Gasteiger partial charge on any atom is -0.496 e. The maximum atomic E-state index is 14.5. The van der Waals surface area contributed by atoms with Crippen LogP contribution in [0.4, 0.5) is 0 Å². The predicted molar refractivity (Wildman–Crippen MR) is 185 cm³/mol. The first kappa shape index (κ1) is 31.5. The quantitative estimate of drug-likeness (QED) is 0.146. The number of esters is 1. The van der Waals surface area contributed by atoms with E-state index in [9.17, 15) is 9.59 Å². The van der Waals surface area contributed by atoms with Crippen LogP contribution in [-0.4, -0.2) is 24.3 Å². The molecule has 0 aliphatic carbocycles. The number of carbonyl (C=O) groups is 1. The maximum Gasteiger partial charge on any atom is 0.338 e. The third-order valence-electron chi connectivity index (χ3n) is 7.82. The number of benzene rings is 4. The van der Waals surface area contributed by atoms with Crippen LogP contribution in [0.15, 0.2) is 110 Å². The molecule has 4 aromatic carbocycles. The lowest BCUT2D eigenvalue weighted by molar-refractivity contribution is -0.139. The van der Waals surface area contributed by atoms with Gasteiger partial charge in [-0.2, -0.15) is 0 Å². The van der Waals surface area contributed by atoms with E-state index in [1.165, 1.54) is 11.3 Å². The Morgan fingerprint density at radius 3 is 2.52 bits per heavy atom. The zero-order chi connectivity index (χ0) is 32.2. The highest BCUT2D eigenvalue weighted by Crippen LogP contribution is 2.38. The standard InChI is InChI=1S/C37H33BrN2O5S/c1-4-11-29-33(36(42)44-5-2)34(28-20-25(38)17-19-30(28)43-3)40-35(41)32(46-37(40)39-29)21-27-26-15-10-9-14-24(26)16-18-31(27)45-22-23-12-7-6-8-13-23/h6-10,12-21,34H,4-5,11,22H2,1-3H3/b32-21+/t34-/m0/s1. The van der Waals surface area contributed by atoms with Gasteiger partial charge in [-0.25, -0.2) is 9.79 Å². The number of nitrogens with zero attached hydrogens (tertiary/aromatic N) is 2. The second-order valence-electron chi connectivity index (χ2n) is 10.8. The Labute approximate surface area is 279 Å². The fourth-order valence-corrected chi connectivity index (χ4v) is 7.13. The maximum absolute atomic E-state index is 14.5. The molecule has 0 N–H and O–H groups in total. The van der Waals surface area contributed by atoms with Crippen LogP contribution in [0.25, 0.3) is 16.8 Å². The second kappa shape index (κ2) is 13.9. The van der Waals surface area contributed by atoms with Crippen molar-refractivity contribution in [2.45, 2.75) is 39.3 Å². The number of hydrogen-bond acceptors (Lipinski definition) is 7. The number of thiazole rings is 1. The van der Waals surface area contributed by atoms with Crippen molar-refractivity contribution < 1.29 is 19.0 Å². The van der Waals surface area contributed by atoms with Gasteiger partial charge in [0, 0.05) is 15.6 Å². The summed E-state index contributed by atoms with van der Waals surface area (Å²) in [6.07, 6.45) is 3.19. The molecule has 1 aliphatic heterocycles. The fourth-order valence-electron chi connectivity index (χ4n) is 5.75. The first-order valence-corrected chi connectivity index (χ1v) is 16.8. The molecular weight excluding hydrogens is 664 g/mol. The predicted octanol–water partition coefficient (Wildman–Crippen LogP) is 7.08. The molecule has 0 radical (unpaired) electrons. The zero-order valence-electron chi connectivity index (χ0n) is 25.8. The number of ether oxygens (including phenoxy) is 3. The first-order chi connectivity index (χ1) is 22.4. The molecule has 2 heterocycles. The Morgan fingerprint density at radius 2 is 1.76 bits per heavy atom. The summed E-state index contributed by atoms with van der Waals surface area (Å²) in [5.74, 6) is 0.715. The third-order valence-corrected chi connectivity index (χ3v) is 9.30. The molecule has 6 rings (SSSR count). The number of hydrogen-bond donors (Lipinski definition) is 0. The number of allylic oxidation sites excluding steroid dienone is 1. The van der Waals surface area contributed by atoms with Gasteiger partial charge in [-0.05, 0) is 60.0 Å². The molecule has 9 heteroatoms. The summed E-state index contributed by atoms with van der Waals surface area (Å²) in [6, 6.07) is 26.7. The lowest BCUT2D eigenvalue weighted by Gasteiger charge is -2.27. The third kappa shape index (κ3) is 6.17. The first-order valence-electron chi connectivity index (χ1n) is 15.2. The lowest BCUT2D eigenvalue weighted by atomic mass is 9.93. The summed E-state index contributed by atoms with van der Waals surface area (Å²) in [5.41, 5.74) is 3.19. The molecule has 0 saturated carbocycles. The largest absolute Gasteiger partial charge is 0.496 e. The van der Waals surface area contributed by atoms with Crippen molar-refractivity contribution in [2.75, 3.05) is 13.7 Å².